The maximum Gasteiger partial charge on any atom is 0.303 e. The van der Waals surface area contributed by atoms with Gasteiger partial charge in [-0.25, -0.2) is 0 Å². The number of carboxylic acids is 1. The first-order valence-electron chi connectivity index (χ1n) is 7.00. The first-order chi connectivity index (χ1) is 8.88. The van der Waals surface area contributed by atoms with Gasteiger partial charge in [0.15, 0.2) is 0 Å². The zero-order valence-corrected chi connectivity index (χ0v) is 11.8. The molecule has 0 bridgehead atoms. The van der Waals surface area contributed by atoms with Gasteiger partial charge in [0.2, 0.25) is 5.91 Å². The molecule has 1 rings (SSSR count). The van der Waals surface area contributed by atoms with E-state index in [2.05, 4.69) is 5.32 Å². The molecule has 5 nitrogen and oxygen atoms in total. The van der Waals surface area contributed by atoms with E-state index < -0.39 is 5.97 Å². The second-order valence-corrected chi connectivity index (χ2v) is 6.05. The summed E-state index contributed by atoms with van der Waals surface area (Å²) in [5, 5.41) is 21.0. The van der Waals surface area contributed by atoms with Crippen LogP contribution in [0.15, 0.2) is 0 Å². The maximum absolute atomic E-state index is 12.0. The molecule has 1 aliphatic rings. The van der Waals surface area contributed by atoms with E-state index in [1.807, 2.05) is 13.8 Å². The molecule has 110 valence electrons. The molecule has 19 heavy (non-hydrogen) atoms. The van der Waals surface area contributed by atoms with Gasteiger partial charge in [0.1, 0.15) is 0 Å². The number of nitrogens with one attached hydrogen (secondary N) is 1. The molecule has 1 fully saturated rings. The Morgan fingerprint density at radius 3 is 2.21 bits per heavy atom. The number of aliphatic carboxylic acids is 1. The molecule has 0 spiro atoms. The van der Waals surface area contributed by atoms with Crippen molar-refractivity contribution in [2.75, 3.05) is 6.61 Å². The van der Waals surface area contributed by atoms with Crippen LogP contribution in [-0.2, 0) is 9.59 Å². The molecule has 5 heteroatoms. The topological polar surface area (TPSA) is 86.6 Å². The lowest BCUT2D eigenvalue weighted by atomic mass is 9.79. The summed E-state index contributed by atoms with van der Waals surface area (Å²) in [4.78, 5) is 23.0. The minimum Gasteiger partial charge on any atom is -0.481 e. The lowest BCUT2D eigenvalue weighted by molar-refractivity contribution is -0.140. The number of carboxylic acid groups (broad SMARTS) is 1. The van der Waals surface area contributed by atoms with Gasteiger partial charge >= 0.3 is 5.97 Å². The molecule has 0 heterocycles. The number of carbonyl (C=O) groups excluding carboxylic acids is 1. The van der Waals surface area contributed by atoms with Crippen LogP contribution in [0.1, 0.15) is 52.4 Å². The van der Waals surface area contributed by atoms with Crippen LogP contribution in [0.4, 0.5) is 0 Å². The van der Waals surface area contributed by atoms with Gasteiger partial charge in [-0.3, -0.25) is 9.59 Å². The zero-order chi connectivity index (χ0) is 14.5. The molecule has 1 saturated carbocycles. The fourth-order valence-electron chi connectivity index (χ4n) is 2.88. The van der Waals surface area contributed by atoms with Crippen molar-refractivity contribution >= 4 is 11.9 Å². The molecule has 0 aliphatic heterocycles. The highest BCUT2D eigenvalue weighted by Crippen LogP contribution is 2.44. The summed E-state index contributed by atoms with van der Waals surface area (Å²) in [6, 6.07) is -0.254. The number of amides is 1. The van der Waals surface area contributed by atoms with Gasteiger partial charge in [-0.15, -0.1) is 0 Å². The number of hydrogen-bond donors (Lipinski definition) is 3. The first kappa shape index (κ1) is 16.0. The normalized spacial score (nSPS) is 19.4. The van der Waals surface area contributed by atoms with Crippen molar-refractivity contribution in [1.82, 2.24) is 5.32 Å². The summed E-state index contributed by atoms with van der Waals surface area (Å²) in [5.74, 6) is -0.818. The molecular formula is C14H25NO4. The van der Waals surface area contributed by atoms with Gasteiger partial charge in [0.25, 0.3) is 0 Å². The molecule has 1 amide bonds. The van der Waals surface area contributed by atoms with Crippen molar-refractivity contribution in [3.8, 4) is 0 Å². The minimum absolute atomic E-state index is 0.0614. The molecular weight excluding hydrogens is 246 g/mol. The van der Waals surface area contributed by atoms with E-state index in [4.69, 9.17) is 5.11 Å². The van der Waals surface area contributed by atoms with Crippen LogP contribution >= 0.6 is 0 Å². The van der Waals surface area contributed by atoms with Crippen LogP contribution in [0.3, 0.4) is 0 Å². The summed E-state index contributed by atoms with van der Waals surface area (Å²) >= 11 is 0. The second-order valence-electron chi connectivity index (χ2n) is 6.05. The predicted octanol–water partition coefficient (Wildman–Crippen LogP) is 1.54. The molecule has 1 unspecified atom stereocenters. The van der Waals surface area contributed by atoms with E-state index in [0.717, 1.165) is 25.7 Å². The molecule has 0 aromatic rings. The Bertz CT molecular complexity index is 321. The summed E-state index contributed by atoms with van der Waals surface area (Å²) in [6.45, 7) is 3.78. The number of carbonyl (C=O) groups is 2. The quantitative estimate of drug-likeness (QED) is 0.655. The maximum atomic E-state index is 12.0. The van der Waals surface area contributed by atoms with Crippen LogP contribution < -0.4 is 5.32 Å². The van der Waals surface area contributed by atoms with E-state index in [1.54, 1.807) is 0 Å². The van der Waals surface area contributed by atoms with Crippen molar-refractivity contribution in [2.45, 2.75) is 58.4 Å². The standard InChI is InChI=1S/C14H25NO4/c1-10(2)11(9-16)15-12(17)7-14(8-13(18)19)5-3-4-6-14/h10-11,16H,3-9H2,1-2H3,(H,15,17)(H,18,19). The Morgan fingerprint density at radius 1 is 1.21 bits per heavy atom. The lowest BCUT2D eigenvalue weighted by Crippen LogP contribution is -2.43. The van der Waals surface area contributed by atoms with Gasteiger partial charge in [-0.1, -0.05) is 26.7 Å². The van der Waals surface area contributed by atoms with Crippen LogP contribution in [-0.4, -0.2) is 34.7 Å². The van der Waals surface area contributed by atoms with E-state index in [9.17, 15) is 14.7 Å². The fourth-order valence-corrected chi connectivity index (χ4v) is 2.88. The van der Waals surface area contributed by atoms with Crippen LogP contribution in [0.2, 0.25) is 0 Å². The first-order valence-corrected chi connectivity index (χ1v) is 7.00. The van der Waals surface area contributed by atoms with Gasteiger partial charge in [0, 0.05) is 6.42 Å². The van der Waals surface area contributed by atoms with E-state index in [0.29, 0.717) is 0 Å². The zero-order valence-electron chi connectivity index (χ0n) is 11.8. The summed E-state index contributed by atoms with van der Waals surface area (Å²) in [7, 11) is 0. The third kappa shape index (κ3) is 4.82. The van der Waals surface area contributed by atoms with Crippen LogP contribution in [0.5, 0.6) is 0 Å². The van der Waals surface area contributed by atoms with Crippen LogP contribution in [0.25, 0.3) is 0 Å². The Kier molecular flexibility index (Phi) is 5.79. The monoisotopic (exact) mass is 271 g/mol. The highest BCUT2D eigenvalue weighted by Gasteiger charge is 2.38. The van der Waals surface area contributed by atoms with Gasteiger partial charge < -0.3 is 15.5 Å². The summed E-state index contributed by atoms with van der Waals surface area (Å²) < 4.78 is 0. The number of rotatable bonds is 7. The van der Waals surface area contributed by atoms with Crippen molar-refractivity contribution in [3.05, 3.63) is 0 Å². The van der Waals surface area contributed by atoms with Gasteiger partial charge in [0.05, 0.1) is 19.1 Å². The third-order valence-electron chi connectivity index (χ3n) is 4.07. The highest BCUT2D eigenvalue weighted by atomic mass is 16.4. The minimum atomic E-state index is -0.836. The van der Waals surface area contributed by atoms with Crippen molar-refractivity contribution in [2.24, 2.45) is 11.3 Å². The fraction of sp³-hybridized carbons (Fsp3) is 0.857. The van der Waals surface area contributed by atoms with Gasteiger partial charge in [-0.05, 0) is 24.2 Å². The molecule has 0 saturated heterocycles. The average molecular weight is 271 g/mol. The van der Waals surface area contributed by atoms with E-state index in [-0.39, 0.29) is 42.7 Å². The van der Waals surface area contributed by atoms with E-state index >= 15 is 0 Å². The number of aliphatic hydroxyl groups is 1. The highest BCUT2D eigenvalue weighted by molar-refractivity contribution is 5.78. The smallest absolute Gasteiger partial charge is 0.303 e. The summed E-state index contributed by atoms with van der Waals surface area (Å²) in [5.41, 5.74) is -0.382. The molecule has 0 radical (unpaired) electrons. The number of hydrogen-bond acceptors (Lipinski definition) is 3. The molecule has 0 aromatic heterocycles. The molecule has 0 aromatic carbocycles. The Labute approximate surface area is 114 Å². The number of aliphatic hydroxyl groups excluding tert-OH is 1. The Hall–Kier alpha value is -1.10. The predicted molar refractivity (Wildman–Crippen MR) is 71.6 cm³/mol. The Morgan fingerprint density at radius 2 is 1.79 bits per heavy atom. The van der Waals surface area contributed by atoms with Crippen molar-refractivity contribution in [1.29, 1.82) is 0 Å². The lowest BCUT2D eigenvalue weighted by Gasteiger charge is -2.28. The average Bonchev–Trinajstić information content (AvgIpc) is 2.72. The van der Waals surface area contributed by atoms with E-state index in [1.165, 1.54) is 0 Å². The Balaban J connectivity index is 2.59. The largest absolute Gasteiger partial charge is 0.481 e. The third-order valence-corrected chi connectivity index (χ3v) is 4.07. The van der Waals surface area contributed by atoms with Gasteiger partial charge in [-0.2, -0.15) is 0 Å². The van der Waals surface area contributed by atoms with Crippen molar-refractivity contribution in [3.63, 3.8) is 0 Å². The van der Waals surface area contributed by atoms with Crippen molar-refractivity contribution < 1.29 is 19.8 Å². The summed E-state index contributed by atoms with van der Waals surface area (Å²) in [6.07, 6.45) is 3.91. The SMILES string of the molecule is CC(C)C(CO)NC(=O)CC1(CC(=O)O)CCCC1. The molecule has 1 aliphatic carbocycles. The second kappa shape index (κ2) is 6.89. The molecule has 1 atom stereocenters. The molecule has 3 N–H and O–H groups in total. The van der Waals surface area contributed by atoms with Crippen LogP contribution in [0, 0.1) is 11.3 Å².